The van der Waals surface area contributed by atoms with Gasteiger partial charge < -0.3 is 16.0 Å². The predicted octanol–water partition coefficient (Wildman–Crippen LogP) is 1.55. The van der Waals surface area contributed by atoms with Gasteiger partial charge in [-0.2, -0.15) is 0 Å². The van der Waals surface area contributed by atoms with E-state index < -0.39 is 0 Å². The van der Waals surface area contributed by atoms with Gasteiger partial charge in [-0.05, 0) is 28.4 Å². The number of nitrogens with one attached hydrogen (secondary N) is 1. The lowest BCUT2D eigenvalue weighted by atomic mass is 10.1. The molecule has 0 spiro atoms. The number of anilines is 2. The van der Waals surface area contributed by atoms with Crippen LogP contribution >= 0.6 is 15.9 Å². The summed E-state index contributed by atoms with van der Waals surface area (Å²) >= 11 is 3.49. The van der Waals surface area contributed by atoms with Crippen molar-refractivity contribution in [3.05, 3.63) is 16.2 Å². The monoisotopic (exact) mass is 314 g/mol. The number of nitrogen functional groups attached to an aromatic ring is 1. The molecule has 1 amide bonds. The van der Waals surface area contributed by atoms with Gasteiger partial charge >= 0.3 is 0 Å². The Hall–Kier alpha value is -1.30. The molecule has 5 nitrogen and oxygen atoms in total. The number of carbonyl (C=O) groups is 1. The second-order valence-corrected chi connectivity index (χ2v) is 5.16. The van der Waals surface area contributed by atoms with Crippen LogP contribution in [0.4, 0.5) is 11.5 Å². The first-order chi connectivity index (χ1) is 8.38. The van der Waals surface area contributed by atoms with E-state index in [2.05, 4.69) is 26.2 Å². The Morgan fingerprint density at radius 2 is 2.28 bits per heavy atom. The molecule has 0 saturated carbocycles. The average Bonchev–Trinajstić information content (AvgIpc) is 2.34. The molecule has 1 aromatic heterocycles. The lowest BCUT2D eigenvalue weighted by Gasteiger charge is -2.23. The second-order valence-electron chi connectivity index (χ2n) is 4.37. The molecule has 1 aromatic rings. The zero-order chi connectivity index (χ0) is 13.9. The fourth-order valence-corrected chi connectivity index (χ4v) is 2.31. The third kappa shape index (κ3) is 3.13. The molecule has 18 heavy (non-hydrogen) atoms. The molecular formula is C12H19BrN4O. The van der Waals surface area contributed by atoms with E-state index in [1.54, 1.807) is 13.2 Å². The third-order valence-corrected chi connectivity index (χ3v) is 3.84. The van der Waals surface area contributed by atoms with Crippen molar-refractivity contribution in [1.82, 2.24) is 10.3 Å². The highest BCUT2D eigenvalue weighted by Gasteiger charge is 2.17. The maximum Gasteiger partial charge on any atom is 0.224 e. The van der Waals surface area contributed by atoms with E-state index in [1.165, 1.54) is 0 Å². The number of amides is 1. The van der Waals surface area contributed by atoms with Crippen molar-refractivity contribution in [3.63, 3.8) is 0 Å². The highest BCUT2D eigenvalue weighted by atomic mass is 79.9. The van der Waals surface area contributed by atoms with Crippen LogP contribution in [0.3, 0.4) is 0 Å². The van der Waals surface area contributed by atoms with Crippen LogP contribution in [0.15, 0.2) is 10.7 Å². The van der Waals surface area contributed by atoms with Crippen molar-refractivity contribution in [2.75, 3.05) is 31.3 Å². The molecule has 100 valence electrons. The van der Waals surface area contributed by atoms with Crippen molar-refractivity contribution in [2.24, 2.45) is 5.92 Å². The van der Waals surface area contributed by atoms with Gasteiger partial charge in [-0.25, -0.2) is 4.98 Å². The maximum atomic E-state index is 11.5. The van der Waals surface area contributed by atoms with E-state index in [9.17, 15) is 4.79 Å². The summed E-state index contributed by atoms with van der Waals surface area (Å²) in [7, 11) is 3.54. The van der Waals surface area contributed by atoms with Gasteiger partial charge in [-0.15, -0.1) is 0 Å². The lowest BCUT2D eigenvalue weighted by Crippen LogP contribution is -2.34. The summed E-state index contributed by atoms with van der Waals surface area (Å²) in [5.74, 6) is 0.703. The molecule has 1 heterocycles. The van der Waals surface area contributed by atoms with Crippen LogP contribution < -0.4 is 16.0 Å². The average molecular weight is 315 g/mol. The molecular weight excluding hydrogens is 296 g/mol. The van der Waals surface area contributed by atoms with Crippen molar-refractivity contribution in [1.29, 1.82) is 0 Å². The van der Waals surface area contributed by atoms with Gasteiger partial charge in [0.25, 0.3) is 0 Å². The van der Waals surface area contributed by atoms with Crippen molar-refractivity contribution >= 4 is 33.3 Å². The number of pyridine rings is 1. The smallest absolute Gasteiger partial charge is 0.224 e. The third-order valence-electron chi connectivity index (χ3n) is 2.89. The first kappa shape index (κ1) is 14.8. The molecule has 0 saturated heterocycles. The Labute approximate surface area is 116 Å². The van der Waals surface area contributed by atoms with E-state index in [0.717, 1.165) is 15.9 Å². The standard InChI is InChI=1S/C12H19BrN4O/c1-7(12(18)15-3)6-17(4)11-10(13)8(2)9(14)5-16-11/h5,7H,6,14H2,1-4H3,(H,15,18). The van der Waals surface area contributed by atoms with Crippen LogP contribution in [0.2, 0.25) is 0 Å². The summed E-state index contributed by atoms with van der Waals surface area (Å²) in [6.07, 6.45) is 1.64. The number of nitrogens with zero attached hydrogens (tertiary/aromatic N) is 2. The van der Waals surface area contributed by atoms with Gasteiger partial charge in [0.15, 0.2) is 0 Å². The van der Waals surface area contributed by atoms with Gasteiger partial charge in [-0.1, -0.05) is 6.92 Å². The zero-order valence-electron chi connectivity index (χ0n) is 11.1. The summed E-state index contributed by atoms with van der Waals surface area (Å²) < 4.78 is 0.870. The quantitative estimate of drug-likeness (QED) is 0.884. The molecule has 0 bridgehead atoms. The Kier molecular flexibility index (Phi) is 4.95. The van der Waals surface area contributed by atoms with Crippen LogP contribution in [-0.4, -0.2) is 31.5 Å². The topological polar surface area (TPSA) is 71.2 Å². The molecule has 6 heteroatoms. The number of aromatic nitrogens is 1. The van der Waals surface area contributed by atoms with Gasteiger partial charge in [-0.3, -0.25) is 4.79 Å². The van der Waals surface area contributed by atoms with E-state index in [1.807, 2.05) is 25.8 Å². The number of rotatable bonds is 4. The van der Waals surface area contributed by atoms with Crippen LogP contribution in [0.1, 0.15) is 12.5 Å². The highest BCUT2D eigenvalue weighted by molar-refractivity contribution is 9.10. The molecule has 1 unspecified atom stereocenters. The predicted molar refractivity (Wildman–Crippen MR) is 77.6 cm³/mol. The summed E-state index contributed by atoms with van der Waals surface area (Å²) in [5.41, 5.74) is 7.39. The summed E-state index contributed by atoms with van der Waals surface area (Å²) in [6, 6.07) is 0. The van der Waals surface area contributed by atoms with Gasteiger partial charge in [0, 0.05) is 20.6 Å². The minimum atomic E-state index is -0.105. The molecule has 1 rings (SSSR count). The molecule has 0 radical (unpaired) electrons. The second kappa shape index (κ2) is 6.04. The molecule has 0 fully saturated rings. The van der Waals surface area contributed by atoms with Crippen LogP contribution in [0, 0.1) is 12.8 Å². The highest BCUT2D eigenvalue weighted by Crippen LogP contribution is 2.30. The number of nitrogens with two attached hydrogens (primary N) is 1. The maximum absolute atomic E-state index is 11.5. The molecule has 0 aliphatic carbocycles. The van der Waals surface area contributed by atoms with E-state index in [4.69, 9.17) is 5.73 Å². The Bertz CT molecular complexity index is 450. The minimum absolute atomic E-state index is 0.0186. The number of halogens is 1. The Balaban J connectivity index is 2.88. The molecule has 0 aromatic carbocycles. The lowest BCUT2D eigenvalue weighted by molar-refractivity contribution is -0.123. The van der Waals surface area contributed by atoms with Crippen LogP contribution in [0.25, 0.3) is 0 Å². The Morgan fingerprint density at radius 3 is 2.83 bits per heavy atom. The summed E-state index contributed by atoms with van der Waals surface area (Å²) in [4.78, 5) is 17.7. The number of hydrogen-bond donors (Lipinski definition) is 2. The SMILES string of the molecule is CNC(=O)C(C)CN(C)c1ncc(N)c(C)c1Br. The van der Waals surface area contributed by atoms with E-state index >= 15 is 0 Å². The fourth-order valence-electron chi connectivity index (χ4n) is 1.67. The molecule has 0 aliphatic heterocycles. The van der Waals surface area contributed by atoms with E-state index in [0.29, 0.717) is 12.2 Å². The van der Waals surface area contributed by atoms with Crippen LogP contribution in [0.5, 0.6) is 0 Å². The van der Waals surface area contributed by atoms with Crippen molar-refractivity contribution < 1.29 is 4.79 Å². The van der Waals surface area contributed by atoms with Crippen LogP contribution in [-0.2, 0) is 4.79 Å². The fraction of sp³-hybridized carbons (Fsp3) is 0.500. The van der Waals surface area contributed by atoms with E-state index in [-0.39, 0.29) is 11.8 Å². The largest absolute Gasteiger partial charge is 0.397 e. The Morgan fingerprint density at radius 1 is 1.67 bits per heavy atom. The molecule has 1 atom stereocenters. The molecule has 0 aliphatic rings. The minimum Gasteiger partial charge on any atom is -0.397 e. The number of hydrogen-bond acceptors (Lipinski definition) is 4. The number of carbonyl (C=O) groups excluding carboxylic acids is 1. The van der Waals surface area contributed by atoms with Gasteiger partial charge in [0.2, 0.25) is 5.91 Å². The first-order valence-electron chi connectivity index (χ1n) is 5.71. The van der Waals surface area contributed by atoms with Gasteiger partial charge in [0.1, 0.15) is 5.82 Å². The zero-order valence-corrected chi connectivity index (χ0v) is 12.7. The van der Waals surface area contributed by atoms with Crippen molar-refractivity contribution in [3.8, 4) is 0 Å². The summed E-state index contributed by atoms with van der Waals surface area (Å²) in [6.45, 7) is 4.41. The summed E-state index contributed by atoms with van der Waals surface area (Å²) in [5, 5.41) is 2.64. The normalized spacial score (nSPS) is 12.1. The first-order valence-corrected chi connectivity index (χ1v) is 6.51. The van der Waals surface area contributed by atoms with Gasteiger partial charge in [0.05, 0.1) is 22.3 Å². The molecule has 3 N–H and O–H groups in total. The van der Waals surface area contributed by atoms with Crippen molar-refractivity contribution in [2.45, 2.75) is 13.8 Å².